The van der Waals surface area contributed by atoms with E-state index in [9.17, 15) is 19.5 Å². The van der Waals surface area contributed by atoms with Crippen molar-refractivity contribution in [3.05, 3.63) is 106 Å². The first-order chi connectivity index (χ1) is 18.1. The minimum absolute atomic E-state index is 0.0915. The Labute approximate surface area is 221 Å². The van der Waals surface area contributed by atoms with Gasteiger partial charge in [0, 0.05) is 17.3 Å². The average molecular weight is 510 g/mol. The number of carbonyl (C=O) groups excluding carboxylic acids is 2. The number of aromatic nitrogens is 2. The molecule has 0 aliphatic rings. The van der Waals surface area contributed by atoms with Crippen LogP contribution in [0, 0.1) is 34.6 Å². The quantitative estimate of drug-likeness (QED) is 0.223. The lowest BCUT2D eigenvalue weighted by Gasteiger charge is -2.18. The molecule has 0 saturated heterocycles. The van der Waals surface area contributed by atoms with Crippen LogP contribution in [0.4, 0.5) is 5.69 Å². The summed E-state index contributed by atoms with van der Waals surface area (Å²) in [5.74, 6) is -1.55. The fraction of sp³-hybridized carbons (Fsp3) is 0.226. The maximum absolute atomic E-state index is 13.0. The zero-order valence-electron chi connectivity index (χ0n) is 22.2. The van der Waals surface area contributed by atoms with Gasteiger partial charge >= 0.3 is 5.97 Å². The van der Waals surface area contributed by atoms with Gasteiger partial charge in [-0.1, -0.05) is 30.3 Å². The number of aliphatic carboxylic acids is 1. The third-order valence-corrected chi connectivity index (χ3v) is 7.36. The fourth-order valence-electron chi connectivity index (χ4n) is 4.86. The number of amides is 1. The highest BCUT2D eigenvalue weighted by Gasteiger charge is 2.20. The lowest BCUT2D eigenvalue weighted by Crippen LogP contribution is -2.14. The van der Waals surface area contributed by atoms with Gasteiger partial charge in [0.25, 0.3) is 0 Å². The molecule has 0 saturated carbocycles. The van der Waals surface area contributed by atoms with E-state index in [4.69, 9.17) is 0 Å². The summed E-state index contributed by atoms with van der Waals surface area (Å²) in [5.41, 5.74) is 8.59. The molecule has 0 aliphatic carbocycles. The number of carbonyl (C=O) groups is 3. The molecule has 0 spiro atoms. The molecule has 7 heteroatoms. The number of anilines is 1. The maximum atomic E-state index is 13.0. The highest BCUT2D eigenvalue weighted by molar-refractivity contribution is 6.11. The SMILES string of the molecule is Cc1c(C)c(C)c(C(=O)C=CC(=O)Nc2ccc3c(c2)ncn3C(CC(=O)O)c2ccccc2)c(C)c1C. The van der Waals surface area contributed by atoms with Crippen molar-refractivity contribution in [3.8, 4) is 0 Å². The van der Waals surface area contributed by atoms with Gasteiger partial charge in [-0.2, -0.15) is 0 Å². The summed E-state index contributed by atoms with van der Waals surface area (Å²) in [6.45, 7) is 9.93. The normalized spacial score (nSPS) is 12.1. The molecule has 194 valence electrons. The van der Waals surface area contributed by atoms with Crippen molar-refractivity contribution in [1.29, 1.82) is 0 Å². The standard InChI is InChI=1S/C31H31N3O4/c1-18-19(2)21(4)31(22(5)20(18)3)28(35)13-14-29(36)33-24-11-12-26-25(15-24)32-17-34(26)27(16-30(37)38)23-9-7-6-8-10-23/h6-15,17,27H,16H2,1-5H3,(H,33,36)(H,37,38). The molecule has 1 atom stereocenters. The smallest absolute Gasteiger partial charge is 0.305 e. The lowest BCUT2D eigenvalue weighted by molar-refractivity contribution is -0.137. The molecule has 7 nitrogen and oxygen atoms in total. The molecule has 0 aliphatic heterocycles. The summed E-state index contributed by atoms with van der Waals surface area (Å²) in [6.07, 6.45) is 4.08. The highest BCUT2D eigenvalue weighted by Crippen LogP contribution is 2.29. The Balaban J connectivity index is 1.54. The average Bonchev–Trinajstić information content (AvgIpc) is 3.31. The Kier molecular flexibility index (Phi) is 7.57. The van der Waals surface area contributed by atoms with Crippen molar-refractivity contribution in [2.24, 2.45) is 0 Å². The molecule has 4 aromatic rings. The molecule has 1 aromatic heterocycles. The van der Waals surface area contributed by atoms with Gasteiger partial charge in [0.1, 0.15) is 0 Å². The first-order valence-corrected chi connectivity index (χ1v) is 12.4. The molecule has 3 aromatic carbocycles. The summed E-state index contributed by atoms with van der Waals surface area (Å²) in [5, 5.41) is 12.3. The Morgan fingerprint density at radius 2 is 1.53 bits per heavy atom. The summed E-state index contributed by atoms with van der Waals surface area (Å²) < 4.78 is 1.83. The zero-order chi connectivity index (χ0) is 27.6. The Hall–Kier alpha value is -4.52. The van der Waals surface area contributed by atoms with E-state index in [0.29, 0.717) is 16.8 Å². The van der Waals surface area contributed by atoms with Gasteiger partial charge < -0.3 is 15.0 Å². The highest BCUT2D eigenvalue weighted by atomic mass is 16.4. The van der Waals surface area contributed by atoms with Gasteiger partial charge in [-0.3, -0.25) is 14.4 Å². The van der Waals surface area contributed by atoms with Crippen LogP contribution >= 0.6 is 0 Å². The van der Waals surface area contributed by atoms with Crippen LogP contribution in [-0.2, 0) is 9.59 Å². The Bertz CT molecular complexity index is 1550. The number of imidazole rings is 1. The summed E-state index contributed by atoms with van der Waals surface area (Å²) in [7, 11) is 0. The van der Waals surface area contributed by atoms with Crippen LogP contribution in [-0.4, -0.2) is 32.3 Å². The second-order valence-corrected chi connectivity index (χ2v) is 9.57. The first-order valence-electron chi connectivity index (χ1n) is 12.4. The number of rotatable bonds is 8. The number of benzene rings is 3. The molecule has 1 unspecified atom stereocenters. The topological polar surface area (TPSA) is 101 Å². The van der Waals surface area contributed by atoms with E-state index in [-0.39, 0.29) is 12.2 Å². The van der Waals surface area contributed by atoms with E-state index in [1.807, 2.05) is 62.6 Å². The Morgan fingerprint density at radius 1 is 0.895 bits per heavy atom. The minimum Gasteiger partial charge on any atom is -0.481 e. The molecule has 4 rings (SSSR count). The number of nitrogens with zero attached hydrogens (tertiary/aromatic N) is 2. The van der Waals surface area contributed by atoms with Crippen LogP contribution in [0.3, 0.4) is 0 Å². The molecule has 1 amide bonds. The molecular weight excluding hydrogens is 478 g/mol. The molecule has 0 bridgehead atoms. The van der Waals surface area contributed by atoms with Crippen molar-refractivity contribution in [2.75, 3.05) is 5.32 Å². The van der Waals surface area contributed by atoms with Gasteiger partial charge in [-0.25, -0.2) is 4.98 Å². The van der Waals surface area contributed by atoms with E-state index in [1.54, 1.807) is 24.5 Å². The van der Waals surface area contributed by atoms with Gasteiger partial charge in [-0.15, -0.1) is 0 Å². The summed E-state index contributed by atoms with van der Waals surface area (Å²) in [6, 6.07) is 14.3. The summed E-state index contributed by atoms with van der Waals surface area (Å²) >= 11 is 0. The van der Waals surface area contributed by atoms with E-state index < -0.39 is 17.9 Å². The monoisotopic (exact) mass is 509 g/mol. The van der Waals surface area contributed by atoms with Gasteiger partial charge in [0.15, 0.2) is 5.78 Å². The second kappa shape index (κ2) is 10.8. The molecule has 0 radical (unpaired) electrons. The van der Waals surface area contributed by atoms with Crippen molar-refractivity contribution in [3.63, 3.8) is 0 Å². The third kappa shape index (κ3) is 5.27. The number of fused-ring (bicyclic) bond motifs is 1. The van der Waals surface area contributed by atoms with Crippen molar-refractivity contribution < 1.29 is 19.5 Å². The predicted molar refractivity (Wildman–Crippen MR) is 149 cm³/mol. The number of carboxylic acid groups (broad SMARTS) is 1. The number of nitrogens with one attached hydrogen (secondary N) is 1. The molecule has 1 heterocycles. The predicted octanol–water partition coefficient (Wildman–Crippen LogP) is 6.02. The van der Waals surface area contributed by atoms with Crippen molar-refractivity contribution >= 4 is 34.4 Å². The first kappa shape index (κ1) is 26.5. The number of ketones is 1. The molecule has 2 N–H and O–H groups in total. The second-order valence-electron chi connectivity index (χ2n) is 9.57. The van der Waals surface area contributed by atoms with Gasteiger partial charge in [0.05, 0.1) is 29.8 Å². The van der Waals surface area contributed by atoms with Crippen LogP contribution in [0.15, 0.2) is 67.0 Å². The number of allylic oxidation sites excluding steroid dienone is 1. The fourth-order valence-corrected chi connectivity index (χ4v) is 4.86. The van der Waals surface area contributed by atoms with Crippen molar-refractivity contribution in [2.45, 2.75) is 47.1 Å². The third-order valence-electron chi connectivity index (χ3n) is 7.36. The van der Waals surface area contributed by atoms with E-state index in [2.05, 4.69) is 17.2 Å². The van der Waals surface area contributed by atoms with Crippen LogP contribution < -0.4 is 5.32 Å². The minimum atomic E-state index is -0.910. The number of hydrogen-bond acceptors (Lipinski definition) is 4. The molecule has 0 fully saturated rings. The Morgan fingerprint density at radius 3 is 2.16 bits per heavy atom. The largest absolute Gasteiger partial charge is 0.481 e. The van der Waals surface area contributed by atoms with Crippen molar-refractivity contribution in [1.82, 2.24) is 9.55 Å². The van der Waals surface area contributed by atoms with Crippen LogP contribution in [0.5, 0.6) is 0 Å². The molecule has 38 heavy (non-hydrogen) atoms. The van der Waals surface area contributed by atoms with Crippen LogP contribution in [0.2, 0.25) is 0 Å². The number of hydrogen-bond donors (Lipinski definition) is 2. The molecular formula is C31H31N3O4. The van der Waals surface area contributed by atoms with Gasteiger partial charge in [-0.05, 0) is 92.3 Å². The van der Waals surface area contributed by atoms with Crippen LogP contribution in [0.25, 0.3) is 11.0 Å². The zero-order valence-corrected chi connectivity index (χ0v) is 22.2. The number of carboxylic acids is 1. The van der Waals surface area contributed by atoms with E-state index in [0.717, 1.165) is 33.3 Å². The van der Waals surface area contributed by atoms with E-state index >= 15 is 0 Å². The maximum Gasteiger partial charge on any atom is 0.305 e. The summed E-state index contributed by atoms with van der Waals surface area (Å²) in [4.78, 5) is 41.6. The lowest BCUT2D eigenvalue weighted by atomic mass is 9.87. The van der Waals surface area contributed by atoms with Crippen LogP contribution in [0.1, 0.15) is 56.2 Å². The van der Waals surface area contributed by atoms with E-state index in [1.165, 1.54) is 17.7 Å². The van der Waals surface area contributed by atoms with Gasteiger partial charge in [0.2, 0.25) is 5.91 Å².